The fraction of sp³-hybridized carbons (Fsp3) is 0. The zero-order valence-corrected chi connectivity index (χ0v) is 11.2. The number of hydrogen-bond acceptors (Lipinski definition) is 5. The largest absolute Gasteiger partial charge is 0.433 e. The van der Waals surface area contributed by atoms with Gasteiger partial charge in [-0.2, -0.15) is 0 Å². The summed E-state index contributed by atoms with van der Waals surface area (Å²) in [5.74, 6) is -1.44. The molecule has 0 bridgehead atoms. The van der Waals surface area contributed by atoms with Crippen molar-refractivity contribution in [2.75, 3.05) is 5.43 Å². The molecular formula is C11H7Cl2N3O4. The van der Waals surface area contributed by atoms with Crippen molar-refractivity contribution in [3.05, 3.63) is 56.3 Å². The van der Waals surface area contributed by atoms with Crippen LogP contribution in [0.15, 0.2) is 34.7 Å². The van der Waals surface area contributed by atoms with E-state index in [0.29, 0.717) is 15.7 Å². The number of carbonyl (C=O) groups is 1. The van der Waals surface area contributed by atoms with Crippen LogP contribution in [-0.2, 0) is 0 Å². The van der Waals surface area contributed by atoms with Gasteiger partial charge in [-0.15, -0.1) is 0 Å². The molecule has 2 N–H and O–H groups in total. The normalized spacial score (nSPS) is 10.1. The van der Waals surface area contributed by atoms with E-state index in [0.717, 1.165) is 6.07 Å². The first kappa shape index (κ1) is 14.2. The third-order valence-corrected chi connectivity index (χ3v) is 2.89. The standard InChI is InChI=1S/C11H7Cl2N3O4/c12-6-2-1-3-7(13)10(6)14-15-11(17)8-4-5-9(20-8)16(18)19/h1-5,14H,(H,15,17). The molecular weight excluding hydrogens is 309 g/mol. The summed E-state index contributed by atoms with van der Waals surface area (Å²) in [5, 5.41) is 11.1. The highest BCUT2D eigenvalue weighted by atomic mass is 35.5. The number of amides is 1. The first-order chi connectivity index (χ1) is 9.49. The van der Waals surface area contributed by atoms with Crippen LogP contribution in [0.5, 0.6) is 0 Å². The lowest BCUT2D eigenvalue weighted by atomic mass is 10.3. The van der Waals surface area contributed by atoms with Gasteiger partial charge in [-0.1, -0.05) is 29.3 Å². The van der Waals surface area contributed by atoms with E-state index >= 15 is 0 Å². The number of para-hydroxylation sites is 1. The Balaban J connectivity index is 2.07. The molecule has 0 fully saturated rings. The Bertz CT molecular complexity index is 651. The molecule has 1 aromatic carbocycles. The number of nitrogens with zero attached hydrogens (tertiary/aromatic N) is 1. The van der Waals surface area contributed by atoms with E-state index in [-0.39, 0.29) is 5.76 Å². The minimum atomic E-state index is -0.741. The summed E-state index contributed by atoms with van der Waals surface area (Å²) >= 11 is 11.8. The molecule has 0 aliphatic rings. The van der Waals surface area contributed by atoms with Crippen LogP contribution in [0.1, 0.15) is 10.6 Å². The number of nitro groups is 1. The summed E-state index contributed by atoms with van der Waals surface area (Å²) in [4.78, 5) is 21.4. The predicted octanol–water partition coefficient (Wildman–Crippen LogP) is 3.25. The molecule has 2 rings (SSSR count). The smallest absolute Gasteiger partial charge is 0.395 e. The van der Waals surface area contributed by atoms with Crippen LogP contribution in [0, 0.1) is 10.1 Å². The van der Waals surface area contributed by atoms with Gasteiger partial charge in [0, 0.05) is 0 Å². The van der Waals surface area contributed by atoms with Crippen molar-refractivity contribution in [1.82, 2.24) is 5.43 Å². The Morgan fingerprint density at radius 2 is 1.85 bits per heavy atom. The average Bonchev–Trinajstić information content (AvgIpc) is 2.87. The molecule has 0 atom stereocenters. The number of furan rings is 1. The average molecular weight is 316 g/mol. The van der Waals surface area contributed by atoms with Crippen LogP contribution in [0.2, 0.25) is 10.0 Å². The van der Waals surface area contributed by atoms with E-state index in [1.165, 1.54) is 6.07 Å². The molecule has 0 aliphatic carbocycles. The van der Waals surface area contributed by atoms with E-state index in [1.807, 2.05) is 0 Å². The summed E-state index contributed by atoms with van der Waals surface area (Å²) in [6, 6.07) is 7.08. The number of hydrogen-bond donors (Lipinski definition) is 2. The van der Waals surface area contributed by atoms with Crippen molar-refractivity contribution in [1.29, 1.82) is 0 Å². The topological polar surface area (TPSA) is 97.4 Å². The van der Waals surface area contributed by atoms with Crippen LogP contribution < -0.4 is 10.9 Å². The molecule has 1 aromatic heterocycles. The van der Waals surface area contributed by atoms with Crippen LogP contribution in [0.4, 0.5) is 11.6 Å². The quantitative estimate of drug-likeness (QED) is 0.666. The minimum Gasteiger partial charge on any atom is -0.395 e. The Morgan fingerprint density at radius 1 is 1.20 bits per heavy atom. The van der Waals surface area contributed by atoms with Crippen molar-refractivity contribution in [3.8, 4) is 0 Å². The van der Waals surface area contributed by atoms with Gasteiger partial charge in [0.15, 0.2) is 0 Å². The van der Waals surface area contributed by atoms with E-state index in [1.54, 1.807) is 18.2 Å². The van der Waals surface area contributed by atoms with Gasteiger partial charge in [0.05, 0.1) is 21.8 Å². The number of anilines is 1. The fourth-order valence-corrected chi connectivity index (χ4v) is 1.84. The number of hydrazine groups is 1. The molecule has 0 saturated carbocycles. The fourth-order valence-electron chi connectivity index (χ4n) is 1.35. The van der Waals surface area contributed by atoms with Gasteiger partial charge in [0.25, 0.3) is 0 Å². The molecule has 0 radical (unpaired) electrons. The van der Waals surface area contributed by atoms with Gasteiger partial charge in [-0.25, -0.2) is 0 Å². The second-order valence-corrected chi connectivity index (χ2v) is 4.39. The highest BCUT2D eigenvalue weighted by Gasteiger charge is 2.17. The Hall–Kier alpha value is -2.25. The number of nitrogens with one attached hydrogen (secondary N) is 2. The molecule has 2 aromatic rings. The molecule has 0 unspecified atom stereocenters. The molecule has 1 amide bonds. The van der Waals surface area contributed by atoms with Crippen LogP contribution in [0.25, 0.3) is 0 Å². The summed E-state index contributed by atoms with van der Waals surface area (Å²) < 4.78 is 4.74. The number of halogens is 2. The second kappa shape index (κ2) is 5.81. The number of carbonyl (C=O) groups excluding carboxylic acids is 1. The highest BCUT2D eigenvalue weighted by molar-refractivity contribution is 6.39. The number of rotatable bonds is 4. The minimum absolute atomic E-state index is 0.215. The summed E-state index contributed by atoms with van der Waals surface area (Å²) in [6.45, 7) is 0. The first-order valence-electron chi connectivity index (χ1n) is 5.23. The summed E-state index contributed by atoms with van der Waals surface area (Å²) in [7, 11) is 0. The van der Waals surface area contributed by atoms with Crippen LogP contribution >= 0.6 is 23.2 Å². The molecule has 20 heavy (non-hydrogen) atoms. The zero-order valence-electron chi connectivity index (χ0n) is 9.72. The third kappa shape index (κ3) is 3.01. The van der Waals surface area contributed by atoms with Gasteiger partial charge in [0.1, 0.15) is 4.92 Å². The highest BCUT2D eigenvalue weighted by Crippen LogP contribution is 2.29. The molecule has 0 aliphatic heterocycles. The van der Waals surface area contributed by atoms with Gasteiger partial charge >= 0.3 is 11.8 Å². The lowest BCUT2D eigenvalue weighted by Crippen LogP contribution is -2.29. The first-order valence-corrected chi connectivity index (χ1v) is 5.99. The molecule has 7 nitrogen and oxygen atoms in total. The predicted molar refractivity (Wildman–Crippen MR) is 72.9 cm³/mol. The van der Waals surface area contributed by atoms with Crippen molar-refractivity contribution in [2.24, 2.45) is 0 Å². The summed E-state index contributed by atoms with van der Waals surface area (Å²) in [6.07, 6.45) is 0. The maximum absolute atomic E-state index is 11.7. The van der Waals surface area contributed by atoms with Crippen molar-refractivity contribution < 1.29 is 14.1 Å². The van der Waals surface area contributed by atoms with Crippen molar-refractivity contribution in [2.45, 2.75) is 0 Å². The molecule has 104 valence electrons. The van der Waals surface area contributed by atoms with Crippen LogP contribution in [-0.4, -0.2) is 10.8 Å². The summed E-state index contributed by atoms with van der Waals surface area (Å²) in [5.41, 5.74) is 5.11. The molecule has 9 heteroatoms. The lowest BCUT2D eigenvalue weighted by Gasteiger charge is -2.10. The molecule has 0 spiro atoms. The van der Waals surface area contributed by atoms with Crippen LogP contribution in [0.3, 0.4) is 0 Å². The van der Waals surface area contributed by atoms with Crippen molar-refractivity contribution in [3.63, 3.8) is 0 Å². The molecule has 1 heterocycles. The maximum atomic E-state index is 11.7. The van der Waals surface area contributed by atoms with E-state index < -0.39 is 16.7 Å². The third-order valence-electron chi connectivity index (χ3n) is 2.26. The van der Waals surface area contributed by atoms with Gasteiger partial charge in [-0.3, -0.25) is 25.8 Å². The monoisotopic (exact) mass is 315 g/mol. The van der Waals surface area contributed by atoms with E-state index in [2.05, 4.69) is 10.9 Å². The maximum Gasteiger partial charge on any atom is 0.433 e. The van der Waals surface area contributed by atoms with E-state index in [4.69, 9.17) is 27.6 Å². The lowest BCUT2D eigenvalue weighted by molar-refractivity contribution is -0.402. The second-order valence-electron chi connectivity index (χ2n) is 3.57. The van der Waals surface area contributed by atoms with Gasteiger partial charge in [0.2, 0.25) is 5.76 Å². The van der Waals surface area contributed by atoms with E-state index in [9.17, 15) is 14.9 Å². The Labute approximate surface area is 122 Å². The Morgan fingerprint density at radius 3 is 2.40 bits per heavy atom. The van der Waals surface area contributed by atoms with Gasteiger partial charge < -0.3 is 4.42 Å². The number of benzene rings is 1. The Kier molecular flexibility index (Phi) is 4.11. The molecule has 0 saturated heterocycles. The van der Waals surface area contributed by atoms with Gasteiger partial charge in [-0.05, 0) is 18.2 Å². The zero-order chi connectivity index (χ0) is 14.7. The van der Waals surface area contributed by atoms with Crippen molar-refractivity contribution >= 4 is 40.7 Å². The SMILES string of the molecule is O=C(NNc1c(Cl)cccc1Cl)c1ccc([N+](=O)[O-])o1.